The molecule has 0 saturated carbocycles. The third-order valence-corrected chi connectivity index (χ3v) is 4.65. The fourth-order valence-corrected chi connectivity index (χ4v) is 3.47. The Balaban J connectivity index is 1.59. The van der Waals surface area contributed by atoms with E-state index in [4.69, 9.17) is 4.74 Å². The van der Waals surface area contributed by atoms with Crippen LogP contribution >= 0.6 is 0 Å². The minimum absolute atomic E-state index is 0.0519. The highest BCUT2D eigenvalue weighted by atomic mass is 16.5. The minimum Gasteiger partial charge on any atom is -0.494 e. The largest absolute Gasteiger partial charge is 0.494 e. The van der Waals surface area contributed by atoms with Gasteiger partial charge in [-0.25, -0.2) is 0 Å². The average Bonchev–Trinajstić information content (AvgIpc) is 2.62. The molecule has 6 nitrogen and oxygen atoms in total. The molecule has 0 aliphatic carbocycles. The van der Waals surface area contributed by atoms with Crippen LogP contribution < -0.4 is 10.1 Å². The second kappa shape index (κ2) is 8.29. The van der Waals surface area contributed by atoms with E-state index in [2.05, 4.69) is 27.3 Å². The number of rotatable bonds is 6. The number of likely N-dealkylation sites (tertiary alicyclic amines) is 1. The Morgan fingerprint density at radius 1 is 1.35 bits per heavy atom. The highest BCUT2D eigenvalue weighted by Gasteiger charge is 2.35. The monoisotopic (exact) mass is 355 g/mol. The second-order valence-corrected chi connectivity index (χ2v) is 6.83. The summed E-state index contributed by atoms with van der Waals surface area (Å²) in [7, 11) is 1.54. The van der Waals surface area contributed by atoms with Gasteiger partial charge in [-0.2, -0.15) is 0 Å². The Hall–Kier alpha value is -2.44. The minimum atomic E-state index is -1.02. The van der Waals surface area contributed by atoms with Crippen molar-refractivity contribution in [2.75, 3.05) is 25.5 Å². The second-order valence-electron chi connectivity index (χ2n) is 6.83. The van der Waals surface area contributed by atoms with Gasteiger partial charge in [0, 0.05) is 25.4 Å². The summed E-state index contributed by atoms with van der Waals surface area (Å²) >= 11 is 0. The lowest BCUT2D eigenvalue weighted by Crippen LogP contribution is -2.49. The van der Waals surface area contributed by atoms with Gasteiger partial charge in [0.2, 0.25) is 5.91 Å². The lowest BCUT2D eigenvalue weighted by Gasteiger charge is -2.39. The predicted molar refractivity (Wildman–Crippen MR) is 99.9 cm³/mol. The van der Waals surface area contributed by atoms with Crippen LogP contribution in [0.4, 0.5) is 5.69 Å². The van der Waals surface area contributed by atoms with Gasteiger partial charge < -0.3 is 15.2 Å². The van der Waals surface area contributed by atoms with Crippen molar-refractivity contribution in [1.29, 1.82) is 0 Å². The zero-order valence-corrected chi connectivity index (χ0v) is 15.0. The van der Waals surface area contributed by atoms with Gasteiger partial charge >= 0.3 is 0 Å². The zero-order valence-electron chi connectivity index (χ0n) is 15.0. The number of β-amino-alcohol motifs (C(OH)–C–C–N with tert-alkyl or cyclic N) is 1. The summed E-state index contributed by atoms with van der Waals surface area (Å²) < 4.78 is 5.22. The van der Waals surface area contributed by atoms with Crippen LogP contribution in [0.2, 0.25) is 0 Å². The van der Waals surface area contributed by atoms with Gasteiger partial charge in [-0.3, -0.25) is 14.7 Å². The van der Waals surface area contributed by atoms with Crippen LogP contribution in [0.3, 0.4) is 0 Å². The molecule has 1 saturated heterocycles. The molecule has 2 N–H and O–H groups in total. The standard InChI is InChI=1S/C20H25N3O3/c1-26-18-8-10-21-13-17(18)22-19(24)12-20(25)9-5-11-23(15-20)14-16-6-3-2-4-7-16/h2-4,6-8,10,13,25H,5,9,11-12,14-15H2,1H3,(H,22,24). The van der Waals surface area contributed by atoms with E-state index in [0.717, 1.165) is 19.5 Å². The van der Waals surface area contributed by atoms with Gasteiger partial charge in [0.15, 0.2) is 0 Å². The molecule has 1 aliphatic rings. The van der Waals surface area contributed by atoms with Crippen molar-refractivity contribution in [2.45, 2.75) is 31.4 Å². The molecule has 1 aromatic heterocycles. The Kier molecular flexibility index (Phi) is 5.85. The zero-order chi connectivity index (χ0) is 18.4. The molecule has 1 aromatic carbocycles. The van der Waals surface area contributed by atoms with E-state index in [1.165, 1.54) is 5.56 Å². The van der Waals surface area contributed by atoms with E-state index < -0.39 is 5.60 Å². The summed E-state index contributed by atoms with van der Waals surface area (Å²) in [5, 5.41) is 13.7. The van der Waals surface area contributed by atoms with Crippen LogP contribution in [0.25, 0.3) is 0 Å². The molecular formula is C20H25N3O3. The van der Waals surface area contributed by atoms with E-state index in [0.29, 0.717) is 24.4 Å². The molecule has 26 heavy (non-hydrogen) atoms. The molecule has 0 radical (unpaired) electrons. The maximum atomic E-state index is 12.4. The van der Waals surface area contributed by atoms with E-state index >= 15 is 0 Å². The highest BCUT2D eigenvalue weighted by Crippen LogP contribution is 2.27. The van der Waals surface area contributed by atoms with Crippen LogP contribution in [-0.2, 0) is 11.3 Å². The van der Waals surface area contributed by atoms with Gasteiger partial charge in [0.25, 0.3) is 0 Å². The summed E-state index contributed by atoms with van der Waals surface area (Å²) in [5.41, 5.74) is 0.703. The summed E-state index contributed by atoms with van der Waals surface area (Å²) in [5.74, 6) is 0.315. The van der Waals surface area contributed by atoms with Gasteiger partial charge in [0.1, 0.15) is 11.4 Å². The number of aliphatic hydroxyl groups is 1. The third kappa shape index (κ3) is 4.80. The number of ether oxygens (including phenoxy) is 1. The molecule has 138 valence electrons. The lowest BCUT2D eigenvalue weighted by molar-refractivity contribution is -0.123. The summed E-state index contributed by atoms with van der Waals surface area (Å²) in [6.07, 6.45) is 4.69. The first-order valence-electron chi connectivity index (χ1n) is 8.84. The Labute approximate surface area is 153 Å². The topological polar surface area (TPSA) is 74.7 Å². The molecule has 2 heterocycles. The first-order chi connectivity index (χ1) is 12.6. The Bertz CT molecular complexity index is 738. The first-order valence-corrected chi connectivity index (χ1v) is 8.84. The van der Waals surface area contributed by atoms with Gasteiger partial charge in [-0.15, -0.1) is 0 Å². The molecule has 1 fully saturated rings. The fourth-order valence-electron chi connectivity index (χ4n) is 3.47. The number of methoxy groups -OCH3 is 1. The molecule has 1 amide bonds. The van der Waals surface area contributed by atoms with Crippen molar-refractivity contribution < 1.29 is 14.6 Å². The number of hydrogen-bond acceptors (Lipinski definition) is 5. The van der Waals surface area contributed by atoms with E-state index in [9.17, 15) is 9.90 Å². The molecular weight excluding hydrogens is 330 g/mol. The van der Waals surface area contributed by atoms with E-state index in [-0.39, 0.29) is 12.3 Å². The van der Waals surface area contributed by atoms with Crippen molar-refractivity contribution in [3.8, 4) is 5.75 Å². The van der Waals surface area contributed by atoms with Crippen LogP contribution in [-0.4, -0.2) is 46.7 Å². The van der Waals surface area contributed by atoms with Gasteiger partial charge in [-0.05, 0) is 24.9 Å². The Morgan fingerprint density at radius 3 is 2.92 bits per heavy atom. The number of nitrogens with one attached hydrogen (secondary N) is 1. The SMILES string of the molecule is COc1ccncc1NC(=O)CC1(O)CCCN(Cc2ccccc2)C1. The number of piperidine rings is 1. The molecule has 1 unspecified atom stereocenters. The molecule has 2 aromatic rings. The van der Waals surface area contributed by atoms with Crippen molar-refractivity contribution in [3.63, 3.8) is 0 Å². The van der Waals surface area contributed by atoms with Crippen molar-refractivity contribution in [1.82, 2.24) is 9.88 Å². The number of carbonyl (C=O) groups is 1. The van der Waals surface area contributed by atoms with Crippen molar-refractivity contribution in [3.05, 3.63) is 54.4 Å². The smallest absolute Gasteiger partial charge is 0.227 e. The van der Waals surface area contributed by atoms with Crippen molar-refractivity contribution >= 4 is 11.6 Å². The van der Waals surface area contributed by atoms with Gasteiger partial charge in [-0.1, -0.05) is 30.3 Å². The highest BCUT2D eigenvalue weighted by molar-refractivity contribution is 5.92. The first kappa shape index (κ1) is 18.4. The number of carbonyl (C=O) groups excluding carboxylic acids is 1. The van der Waals surface area contributed by atoms with Gasteiger partial charge in [0.05, 0.1) is 25.3 Å². The van der Waals surface area contributed by atoms with E-state index in [1.54, 1.807) is 25.6 Å². The average molecular weight is 355 g/mol. The predicted octanol–water partition coefficient (Wildman–Crippen LogP) is 2.45. The van der Waals surface area contributed by atoms with Crippen LogP contribution in [0.5, 0.6) is 5.75 Å². The number of aromatic nitrogens is 1. The van der Waals surface area contributed by atoms with E-state index in [1.807, 2.05) is 18.2 Å². The molecule has 1 aliphatic heterocycles. The van der Waals surface area contributed by atoms with Crippen LogP contribution in [0, 0.1) is 0 Å². The number of nitrogens with zero attached hydrogens (tertiary/aromatic N) is 2. The third-order valence-electron chi connectivity index (χ3n) is 4.65. The summed E-state index contributed by atoms with van der Waals surface area (Å²) in [6.45, 7) is 2.19. The number of benzene rings is 1. The molecule has 0 bridgehead atoms. The molecule has 3 rings (SSSR count). The molecule has 6 heteroatoms. The maximum Gasteiger partial charge on any atom is 0.227 e. The quantitative estimate of drug-likeness (QED) is 0.832. The number of pyridine rings is 1. The fraction of sp³-hybridized carbons (Fsp3) is 0.400. The molecule has 0 spiro atoms. The number of hydrogen-bond donors (Lipinski definition) is 2. The Morgan fingerprint density at radius 2 is 2.15 bits per heavy atom. The normalized spacial score (nSPS) is 20.5. The summed E-state index contributed by atoms with van der Waals surface area (Å²) in [4.78, 5) is 18.7. The summed E-state index contributed by atoms with van der Waals surface area (Å²) in [6, 6.07) is 11.9. The van der Waals surface area contributed by atoms with Crippen molar-refractivity contribution in [2.24, 2.45) is 0 Å². The lowest BCUT2D eigenvalue weighted by atomic mass is 9.89. The molecule has 1 atom stereocenters. The number of anilines is 1. The maximum absolute atomic E-state index is 12.4. The number of amides is 1. The van der Waals surface area contributed by atoms with Crippen LogP contribution in [0.15, 0.2) is 48.8 Å². The van der Waals surface area contributed by atoms with Crippen LogP contribution in [0.1, 0.15) is 24.8 Å².